The van der Waals surface area contributed by atoms with Gasteiger partial charge in [-0.3, -0.25) is 14.3 Å². The van der Waals surface area contributed by atoms with Crippen LogP contribution in [0.5, 0.6) is 0 Å². The van der Waals surface area contributed by atoms with E-state index < -0.39 is 0 Å². The van der Waals surface area contributed by atoms with Crippen LogP contribution in [0.4, 0.5) is 11.5 Å². The highest BCUT2D eigenvalue weighted by Gasteiger charge is 2.25. The molecule has 0 aliphatic carbocycles. The van der Waals surface area contributed by atoms with Gasteiger partial charge in [0.1, 0.15) is 5.82 Å². The molecule has 136 valence electrons. The van der Waals surface area contributed by atoms with E-state index in [0.717, 1.165) is 38.9 Å². The van der Waals surface area contributed by atoms with Crippen molar-refractivity contribution in [3.63, 3.8) is 0 Å². The predicted octanol–water partition coefficient (Wildman–Crippen LogP) is 1.58. The Balaban J connectivity index is 1.33. The molecule has 4 heterocycles. The zero-order valence-corrected chi connectivity index (χ0v) is 14.5. The minimum atomic E-state index is -0.123. The van der Waals surface area contributed by atoms with Crippen LogP contribution in [0.3, 0.4) is 0 Å². The third-order valence-electron chi connectivity index (χ3n) is 5.05. The Morgan fingerprint density at radius 1 is 1.31 bits per heavy atom. The van der Waals surface area contributed by atoms with Crippen molar-refractivity contribution in [3.05, 3.63) is 36.3 Å². The fourth-order valence-corrected chi connectivity index (χ4v) is 3.53. The quantitative estimate of drug-likeness (QED) is 0.870. The van der Waals surface area contributed by atoms with Gasteiger partial charge in [-0.1, -0.05) is 0 Å². The Bertz CT molecular complexity index is 796. The summed E-state index contributed by atoms with van der Waals surface area (Å²) in [4.78, 5) is 30.4. The first-order chi connectivity index (χ1) is 12.7. The molecule has 4 rings (SSSR count). The molecule has 0 aromatic carbocycles. The number of carbonyl (C=O) groups is 2. The number of aryl methyl sites for hydroxylation is 1. The second-order valence-electron chi connectivity index (χ2n) is 6.82. The summed E-state index contributed by atoms with van der Waals surface area (Å²) in [5, 5.41) is 9.92. The maximum atomic E-state index is 12.8. The normalized spacial score (nSPS) is 17.4. The van der Waals surface area contributed by atoms with Crippen molar-refractivity contribution in [2.45, 2.75) is 25.8 Å². The number of hydrogen-bond acceptors (Lipinski definition) is 5. The van der Waals surface area contributed by atoms with E-state index in [2.05, 4.69) is 20.7 Å². The Hall–Kier alpha value is -2.90. The van der Waals surface area contributed by atoms with Crippen molar-refractivity contribution in [3.8, 4) is 0 Å². The van der Waals surface area contributed by atoms with Crippen molar-refractivity contribution in [1.82, 2.24) is 19.7 Å². The van der Waals surface area contributed by atoms with Crippen LogP contribution in [0.25, 0.3) is 0 Å². The van der Waals surface area contributed by atoms with E-state index in [-0.39, 0.29) is 18.4 Å². The van der Waals surface area contributed by atoms with E-state index in [1.54, 1.807) is 18.5 Å². The molecule has 0 atom stereocenters. The number of hydrogen-bond donors (Lipinski definition) is 2. The molecule has 2 aromatic heterocycles. The average molecular weight is 354 g/mol. The maximum absolute atomic E-state index is 12.8. The first kappa shape index (κ1) is 16.6. The highest BCUT2D eigenvalue weighted by atomic mass is 16.2. The third kappa shape index (κ3) is 3.54. The maximum Gasteiger partial charge on any atom is 0.255 e. The van der Waals surface area contributed by atoms with Crippen molar-refractivity contribution in [1.29, 1.82) is 0 Å². The van der Waals surface area contributed by atoms with Crippen molar-refractivity contribution in [2.24, 2.45) is 5.92 Å². The SMILES string of the molecule is O=C1CNc2ncc(C(=O)N3CCC(CCn4cccn4)CC3)cc2N1. The van der Waals surface area contributed by atoms with Crippen LogP contribution in [-0.2, 0) is 11.3 Å². The Morgan fingerprint density at radius 3 is 2.92 bits per heavy atom. The molecule has 2 aliphatic rings. The van der Waals surface area contributed by atoms with Crippen LogP contribution in [0.15, 0.2) is 30.7 Å². The number of aromatic nitrogens is 3. The first-order valence-electron chi connectivity index (χ1n) is 8.99. The second-order valence-corrected chi connectivity index (χ2v) is 6.82. The van der Waals surface area contributed by atoms with Gasteiger partial charge in [0.25, 0.3) is 5.91 Å². The number of fused-ring (bicyclic) bond motifs is 1. The first-order valence-corrected chi connectivity index (χ1v) is 8.99. The van der Waals surface area contributed by atoms with Gasteiger partial charge < -0.3 is 15.5 Å². The molecule has 0 unspecified atom stereocenters. The number of carbonyl (C=O) groups excluding carboxylic acids is 2. The number of nitrogens with one attached hydrogen (secondary N) is 2. The lowest BCUT2D eigenvalue weighted by molar-refractivity contribution is -0.114. The van der Waals surface area contributed by atoms with Crippen molar-refractivity contribution >= 4 is 23.3 Å². The van der Waals surface area contributed by atoms with Gasteiger partial charge >= 0.3 is 0 Å². The number of amides is 2. The smallest absolute Gasteiger partial charge is 0.255 e. The standard InChI is InChI=1S/C18H22N6O2/c25-16-12-20-17-15(22-16)10-14(11-19-17)18(26)23-7-2-13(3-8-23)4-9-24-6-1-5-21-24/h1,5-6,10-11,13H,2-4,7-9,12H2,(H,19,20)(H,22,25). The van der Waals surface area contributed by atoms with E-state index in [4.69, 9.17) is 0 Å². The van der Waals surface area contributed by atoms with Gasteiger partial charge in [-0.15, -0.1) is 0 Å². The summed E-state index contributed by atoms with van der Waals surface area (Å²) in [7, 11) is 0. The summed E-state index contributed by atoms with van der Waals surface area (Å²) in [6.45, 7) is 2.64. The van der Waals surface area contributed by atoms with E-state index in [1.165, 1.54) is 0 Å². The van der Waals surface area contributed by atoms with E-state index in [0.29, 0.717) is 23.0 Å². The summed E-state index contributed by atoms with van der Waals surface area (Å²) >= 11 is 0. The van der Waals surface area contributed by atoms with Crippen LogP contribution < -0.4 is 10.6 Å². The number of nitrogens with zero attached hydrogens (tertiary/aromatic N) is 4. The lowest BCUT2D eigenvalue weighted by Gasteiger charge is -2.32. The molecule has 1 saturated heterocycles. The lowest BCUT2D eigenvalue weighted by Crippen LogP contribution is -2.39. The number of pyridine rings is 1. The Morgan fingerprint density at radius 2 is 2.15 bits per heavy atom. The van der Waals surface area contributed by atoms with Crippen molar-refractivity contribution < 1.29 is 9.59 Å². The van der Waals surface area contributed by atoms with E-state index in [9.17, 15) is 9.59 Å². The summed E-state index contributed by atoms with van der Waals surface area (Å²) in [6.07, 6.45) is 8.45. The molecular formula is C18H22N6O2. The van der Waals surface area contributed by atoms with Gasteiger partial charge in [-0.25, -0.2) is 4.98 Å². The van der Waals surface area contributed by atoms with Gasteiger partial charge in [0.2, 0.25) is 5.91 Å². The van der Waals surface area contributed by atoms with Crippen LogP contribution >= 0.6 is 0 Å². The summed E-state index contributed by atoms with van der Waals surface area (Å²) in [5.41, 5.74) is 1.09. The number of anilines is 2. The van der Waals surface area contributed by atoms with Crippen LogP contribution in [0.2, 0.25) is 0 Å². The monoisotopic (exact) mass is 354 g/mol. The lowest BCUT2D eigenvalue weighted by atomic mass is 9.93. The van der Waals surface area contributed by atoms with E-state index in [1.807, 2.05) is 21.8 Å². The minimum Gasteiger partial charge on any atom is -0.359 e. The molecule has 2 amide bonds. The second kappa shape index (κ2) is 7.15. The molecule has 2 aromatic rings. The van der Waals surface area contributed by atoms with Crippen molar-refractivity contribution in [2.75, 3.05) is 30.3 Å². The Kier molecular flexibility index (Phi) is 4.55. The van der Waals surface area contributed by atoms with Crippen LogP contribution in [0.1, 0.15) is 29.6 Å². The predicted molar refractivity (Wildman–Crippen MR) is 96.8 cm³/mol. The summed E-state index contributed by atoms with van der Waals surface area (Å²) < 4.78 is 1.96. The number of rotatable bonds is 4. The number of piperidine rings is 1. The summed E-state index contributed by atoms with van der Waals surface area (Å²) in [5.74, 6) is 1.08. The molecule has 0 spiro atoms. The van der Waals surface area contributed by atoms with Crippen LogP contribution in [-0.4, -0.2) is 51.1 Å². The van der Waals surface area contributed by atoms with Crippen LogP contribution in [0, 0.1) is 5.92 Å². The van der Waals surface area contributed by atoms with Gasteiger partial charge in [0, 0.05) is 38.2 Å². The average Bonchev–Trinajstić information content (AvgIpc) is 3.19. The van der Waals surface area contributed by atoms with Gasteiger partial charge in [0.15, 0.2) is 0 Å². The minimum absolute atomic E-state index is 0.0225. The molecular weight excluding hydrogens is 332 g/mol. The zero-order chi connectivity index (χ0) is 17.9. The molecule has 8 heteroatoms. The molecule has 1 fully saturated rings. The Labute approximate surface area is 151 Å². The molecule has 8 nitrogen and oxygen atoms in total. The third-order valence-corrected chi connectivity index (χ3v) is 5.05. The molecule has 0 saturated carbocycles. The fraction of sp³-hybridized carbons (Fsp3) is 0.444. The van der Waals surface area contributed by atoms with Gasteiger partial charge in [-0.2, -0.15) is 5.10 Å². The molecule has 0 radical (unpaired) electrons. The summed E-state index contributed by atoms with van der Waals surface area (Å²) in [6, 6.07) is 3.64. The van der Waals surface area contributed by atoms with E-state index >= 15 is 0 Å². The highest BCUT2D eigenvalue weighted by Crippen LogP contribution is 2.26. The largest absolute Gasteiger partial charge is 0.359 e. The number of likely N-dealkylation sites (tertiary alicyclic amines) is 1. The van der Waals surface area contributed by atoms with Gasteiger partial charge in [-0.05, 0) is 37.3 Å². The molecule has 2 N–H and O–H groups in total. The topological polar surface area (TPSA) is 92.2 Å². The molecule has 26 heavy (non-hydrogen) atoms. The molecule has 0 bridgehead atoms. The fourth-order valence-electron chi connectivity index (χ4n) is 3.53. The zero-order valence-electron chi connectivity index (χ0n) is 14.5. The van der Waals surface area contributed by atoms with Gasteiger partial charge in [0.05, 0.1) is 17.8 Å². The highest BCUT2D eigenvalue weighted by molar-refractivity contribution is 6.02. The molecule has 2 aliphatic heterocycles.